The zero-order valence-corrected chi connectivity index (χ0v) is 19.5. The number of ether oxygens (including phenoxy) is 1. The molecular weight excluding hydrogens is 436 g/mol. The molecule has 0 unspecified atom stereocenters. The van der Waals surface area contributed by atoms with Crippen molar-refractivity contribution in [2.24, 2.45) is 0 Å². The molecule has 1 amide bonds. The summed E-state index contributed by atoms with van der Waals surface area (Å²) >= 11 is 0. The van der Waals surface area contributed by atoms with Gasteiger partial charge in [0, 0.05) is 30.5 Å². The highest BCUT2D eigenvalue weighted by atomic mass is 16.6. The fraction of sp³-hybridized carbons (Fsp3) is 0.375. The highest BCUT2D eigenvalue weighted by Gasteiger charge is 2.29. The van der Waals surface area contributed by atoms with Crippen molar-refractivity contribution < 1.29 is 19.4 Å². The minimum absolute atomic E-state index is 0.161. The third-order valence-electron chi connectivity index (χ3n) is 5.23. The van der Waals surface area contributed by atoms with Crippen LogP contribution >= 0.6 is 0 Å². The molecule has 1 aliphatic rings. The van der Waals surface area contributed by atoms with Crippen LogP contribution in [-0.2, 0) is 24.1 Å². The number of hydrogen-bond donors (Lipinski definition) is 3. The number of hydrogen-bond acceptors (Lipinski definition) is 7. The number of nitrogens with zero attached hydrogens (tertiary/aromatic N) is 4. The number of carboxylic acid groups (broad SMARTS) is 1. The molecule has 0 bridgehead atoms. The first-order valence-electron chi connectivity index (χ1n) is 11.2. The Morgan fingerprint density at radius 2 is 1.91 bits per heavy atom. The minimum Gasteiger partial charge on any atom is -0.477 e. The monoisotopic (exact) mass is 464 g/mol. The molecule has 0 fully saturated rings. The Morgan fingerprint density at radius 1 is 1.15 bits per heavy atom. The topological polar surface area (TPSA) is 131 Å². The Balaban J connectivity index is 1.53. The van der Waals surface area contributed by atoms with E-state index in [0.29, 0.717) is 55.3 Å². The van der Waals surface area contributed by atoms with Crippen molar-refractivity contribution in [1.29, 1.82) is 0 Å². The van der Waals surface area contributed by atoms with Crippen molar-refractivity contribution in [2.45, 2.75) is 52.2 Å². The number of amides is 1. The smallest absolute Gasteiger partial charge is 0.407 e. The van der Waals surface area contributed by atoms with Gasteiger partial charge in [-0.25, -0.2) is 19.6 Å². The molecule has 0 radical (unpaired) electrons. The normalized spacial score (nSPS) is 12.4. The predicted octanol–water partition coefficient (Wildman–Crippen LogP) is 3.80. The van der Waals surface area contributed by atoms with E-state index in [1.54, 1.807) is 27.0 Å². The number of aromatic carboxylic acids is 1. The molecule has 0 spiro atoms. The van der Waals surface area contributed by atoms with E-state index in [0.717, 1.165) is 11.3 Å². The number of rotatable bonds is 7. The van der Waals surface area contributed by atoms with Crippen LogP contribution in [0, 0.1) is 0 Å². The van der Waals surface area contributed by atoms with Crippen molar-refractivity contribution >= 4 is 23.7 Å². The van der Waals surface area contributed by atoms with Gasteiger partial charge in [0.2, 0.25) is 5.95 Å². The molecule has 10 heteroatoms. The average Bonchev–Trinajstić information content (AvgIpc) is 3.15. The van der Waals surface area contributed by atoms with Crippen molar-refractivity contribution in [2.75, 3.05) is 11.9 Å². The number of para-hydroxylation sites is 1. The third kappa shape index (κ3) is 5.33. The van der Waals surface area contributed by atoms with Gasteiger partial charge in [0.15, 0.2) is 0 Å². The number of alkyl carbamates (subject to hydrolysis) is 1. The molecule has 1 aromatic carbocycles. The second kappa shape index (κ2) is 9.50. The highest BCUT2D eigenvalue weighted by molar-refractivity contribution is 5.90. The van der Waals surface area contributed by atoms with E-state index in [9.17, 15) is 14.7 Å². The summed E-state index contributed by atoms with van der Waals surface area (Å²) in [4.78, 5) is 33.0. The minimum atomic E-state index is -1.03. The zero-order chi connectivity index (χ0) is 24.3. The van der Waals surface area contributed by atoms with Gasteiger partial charge in [0.05, 0.1) is 5.69 Å². The lowest BCUT2D eigenvalue weighted by Crippen LogP contribution is -2.33. The number of carbonyl (C=O) groups excluding carboxylic acids is 1. The Labute approximate surface area is 197 Å². The van der Waals surface area contributed by atoms with Gasteiger partial charge in [-0.05, 0) is 57.7 Å². The van der Waals surface area contributed by atoms with E-state index in [4.69, 9.17) is 4.74 Å². The van der Waals surface area contributed by atoms with Gasteiger partial charge < -0.3 is 20.5 Å². The summed E-state index contributed by atoms with van der Waals surface area (Å²) in [5.74, 6) is -0.611. The first-order valence-corrected chi connectivity index (χ1v) is 11.2. The number of fused-ring (bicyclic) bond motifs is 3. The standard InChI is InChI=1S/C24H28N6O4/c1-24(2,3)34-23(33)25-12-7-13-30-20(21(31)32)17-11-10-15-14-26-22(28-18(15)19(17)29-30)27-16-8-5-4-6-9-16/h4-6,8-9,14H,7,10-13H2,1-3H3,(H,25,33)(H,31,32)(H,26,27,28). The largest absolute Gasteiger partial charge is 0.477 e. The first kappa shape index (κ1) is 23.2. The molecule has 3 aromatic rings. The lowest BCUT2D eigenvalue weighted by molar-refractivity contribution is 0.0524. The lowest BCUT2D eigenvalue weighted by Gasteiger charge is -2.19. The molecule has 4 rings (SSSR count). The Kier molecular flexibility index (Phi) is 6.49. The molecule has 2 aromatic heterocycles. The van der Waals surface area contributed by atoms with Crippen LogP contribution in [0.5, 0.6) is 0 Å². The molecule has 34 heavy (non-hydrogen) atoms. The number of carboxylic acids is 1. The number of carbonyl (C=O) groups is 2. The second-order valence-electron chi connectivity index (χ2n) is 9.04. The Hall–Kier alpha value is -3.95. The van der Waals surface area contributed by atoms with E-state index in [1.165, 1.54) is 4.68 Å². The lowest BCUT2D eigenvalue weighted by atomic mass is 9.93. The van der Waals surface area contributed by atoms with Crippen molar-refractivity contribution in [3.8, 4) is 11.4 Å². The van der Waals surface area contributed by atoms with Crippen LogP contribution in [0.15, 0.2) is 36.5 Å². The maximum Gasteiger partial charge on any atom is 0.407 e. The van der Waals surface area contributed by atoms with Gasteiger partial charge in [-0.3, -0.25) is 4.68 Å². The van der Waals surface area contributed by atoms with E-state index < -0.39 is 17.7 Å². The highest BCUT2D eigenvalue weighted by Crippen LogP contribution is 2.34. The number of benzene rings is 1. The van der Waals surface area contributed by atoms with Crippen LogP contribution in [0.3, 0.4) is 0 Å². The molecule has 10 nitrogen and oxygen atoms in total. The van der Waals surface area contributed by atoms with Gasteiger partial charge in [0.1, 0.15) is 17.0 Å². The summed E-state index contributed by atoms with van der Waals surface area (Å²) in [6.45, 7) is 6.05. The van der Waals surface area contributed by atoms with E-state index in [-0.39, 0.29) is 5.69 Å². The molecule has 0 saturated heterocycles. The van der Waals surface area contributed by atoms with Gasteiger partial charge in [0.25, 0.3) is 0 Å². The molecule has 178 valence electrons. The summed E-state index contributed by atoms with van der Waals surface area (Å²) in [6, 6.07) is 9.58. The summed E-state index contributed by atoms with van der Waals surface area (Å²) in [6.07, 6.45) is 2.95. The first-order chi connectivity index (χ1) is 16.2. The third-order valence-corrected chi connectivity index (χ3v) is 5.23. The van der Waals surface area contributed by atoms with Crippen molar-refractivity contribution in [1.82, 2.24) is 25.1 Å². The van der Waals surface area contributed by atoms with Crippen LogP contribution in [0.25, 0.3) is 11.4 Å². The Morgan fingerprint density at radius 3 is 2.62 bits per heavy atom. The van der Waals surface area contributed by atoms with Gasteiger partial charge in [-0.2, -0.15) is 5.10 Å². The Bertz CT molecular complexity index is 1200. The van der Waals surface area contributed by atoms with Crippen molar-refractivity contribution in [3.05, 3.63) is 53.3 Å². The van der Waals surface area contributed by atoms with Gasteiger partial charge in [-0.1, -0.05) is 18.2 Å². The van der Waals surface area contributed by atoms with Crippen LogP contribution in [0.1, 0.15) is 48.8 Å². The quantitative estimate of drug-likeness (QED) is 0.450. The predicted molar refractivity (Wildman–Crippen MR) is 126 cm³/mol. The zero-order valence-electron chi connectivity index (χ0n) is 19.5. The summed E-state index contributed by atoms with van der Waals surface area (Å²) in [7, 11) is 0. The van der Waals surface area contributed by atoms with Gasteiger partial charge in [-0.15, -0.1) is 0 Å². The van der Waals surface area contributed by atoms with Crippen LogP contribution in [0.2, 0.25) is 0 Å². The maximum absolute atomic E-state index is 12.1. The van der Waals surface area contributed by atoms with Crippen LogP contribution < -0.4 is 10.6 Å². The summed E-state index contributed by atoms with van der Waals surface area (Å²) < 4.78 is 6.72. The van der Waals surface area contributed by atoms with E-state index in [2.05, 4.69) is 25.7 Å². The number of anilines is 2. The van der Waals surface area contributed by atoms with Gasteiger partial charge >= 0.3 is 12.1 Å². The number of nitrogens with one attached hydrogen (secondary N) is 2. The molecule has 3 N–H and O–H groups in total. The maximum atomic E-state index is 12.1. The fourth-order valence-corrected chi connectivity index (χ4v) is 3.83. The van der Waals surface area contributed by atoms with Crippen molar-refractivity contribution in [3.63, 3.8) is 0 Å². The number of aryl methyl sites for hydroxylation is 2. The summed E-state index contributed by atoms with van der Waals surface area (Å²) in [5.41, 5.74) is 3.25. The van der Waals surface area contributed by atoms with Crippen LogP contribution in [-0.4, -0.2) is 49.1 Å². The van der Waals surface area contributed by atoms with E-state index >= 15 is 0 Å². The van der Waals surface area contributed by atoms with E-state index in [1.807, 2.05) is 30.3 Å². The number of aromatic nitrogens is 4. The van der Waals surface area contributed by atoms with Crippen LogP contribution in [0.4, 0.5) is 16.4 Å². The molecule has 0 aliphatic heterocycles. The fourth-order valence-electron chi connectivity index (χ4n) is 3.83. The molecule has 1 aliphatic carbocycles. The SMILES string of the molecule is CC(C)(C)OC(=O)NCCCn1nc2c(c1C(=O)O)CCc1cnc(Nc3ccccc3)nc1-2. The molecule has 0 saturated carbocycles. The molecule has 0 atom stereocenters. The second-order valence-corrected chi connectivity index (χ2v) is 9.04. The average molecular weight is 465 g/mol. The summed E-state index contributed by atoms with van der Waals surface area (Å²) in [5, 5.41) is 20.4. The molecule has 2 heterocycles. The molecular formula is C24H28N6O4.